The standard InChI is InChI=1S/C17H17Cl2NO2/c1-3-16(22-14-7-8-15(19)11(2)9-14)17(21)20-13-6-4-5-12(18)10-13/h4-10,16H,3H2,1-2H3,(H,20,21). The second kappa shape index (κ2) is 7.52. The van der Waals surface area contributed by atoms with Crippen molar-refractivity contribution in [3.05, 3.63) is 58.1 Å². The summed E-state index contributed by atoms with van der Waals surface area (Å²) >= 11 is 11.9. The van der Waals surface area contributed by atoms with Crippen molar-refractivity contribution in [2.24, 2.45) is 0 Å². The van der Waals surface area contributed by atoms with Gasteiger partial charge in [0.2, 0.25) is 0 Å². The molecule has 2 aromatic rings. The second-order valence-electron chi connectivity index (χ2n) is 4.93. The van der Waals surface area contributed by atoms with Crippen molar-refractivity contribution in [3.8, 4) is 5.75 Å². The van der Waals surface area contributed by atoms with Gasteiger partial charge in [-0.3, -0.25) is 4.79 Å². The molecule has 22 heavy (non-hydrogen) atoms. The van der Waals surface area contributed by atoms with Crippen molar-refractivity contribution < 1.29 is 9.53 Å². The highest BCUT2D eigenvalue weighted by Crippen LogP contribution is 2.23. The summed E-state index contributed by atoms with van der Waals surface area (Å²) in [6.07, 6.45) is -0.0341. The molecule has 0 aliphatic rings. The zero-order valence-electron chi connectivity index (χ0n) is 12.4. The monoisotopic (exact) mass is 337 g/mol. The summed E-state index contributed by atoms with van der Waals surface area (Å²) in [4.78, 5) is 12.3. The predicted octanol–water partition coefficient (Wildman–Crippen LogP) is 5.10. The lowest BCUT2D eigenvalue weighted by Crippen LogP contribution is -2.32. The summed E-state index contributed by atoms with van der Waals surface area (Å²) in [5.74, 6) is 0.410. The van der Waals surface area contributed by atoms with Gasteiger partial charge in [-0.2, -0.15) is 0 Å². The van der Waals surface area contributed by atoms with Crippen molar-refractivity contribution in [1.82, 2.24) is 0 Å². The van der Waals surface area contributed by atoms with Crippen molar-refractivity contribution in [1.29, 1.82) is 0 Å². The highest BCUT2D eigenvalue weighted by molar-refractivity contribution is 6.31. The number of hydrogen-bond donors (Lipinski definition) is 1. The van der Waals surface area contributed by atoms with Gasteiger partial charge in [0, 0.05) is 15.7 Å². The smallest absolute Gasteiger partial charge is 0.265 e. The van der Waals surface area contributed by atoms with Gasteiger partial charge < -0.3 is 10.1 Å². The minimum Gasteiger partial charge on any atom is -0.481 e. The van der Waals surface area contributed by atoms with E-state index in [1.165, 1.54) is 0 Å². The van der Waals surface area contributed by atoms with Gasteiger partial charge in [0.1, 0.15) is 5.75 Å². The number of benzene rings is 2. The fourth-order valence-electron chi connectivity index (χ4n) is 1.97. The van der Waals surface area contributed by atoms with Crippen LogP contribution in [-0.4, -0.2) is 12.0 Å². The van der Waals surface area contributed by atoms with Crippen LogP contribution in [0.15, 0.2) is 42.5 Å². The Morgan fingerprint density at radius 3 is 2.64 bits per heavy atom. The third-order valence-corrected chi connectivity index (χ3v) is 3.82. The van der Waals surface area contributed by atoms with E-state index < -0.39 is 6.10 Å². The van der Waals surface area contributed by atoms with Gasteiger partial charge in [-0.1, -0.05) is 36.2 Å². The van der Waals surface area contributed by atoms with Crippen LogP contribution in [-0.2, 0) is 4.79 Å². The van der Waals surface area contributed by atoms with Gasteiger partial charge in [-0.15, -0.1) is 0 Å². The normalized spacial score (nSPS) is 11.8. The summed E-state index contributed by atoms with van der Waals surface area (Å²) in [5, 5.41) is 4.05. The molecule has 2 rings (SSSR count). The number of amides is 1. The van der Waals surface area contributed by atoms with Crippen LogP contribution in [0.3, 0.4) is 0 Å². The number of halogens is 2. The largest absolute Gasteiger partial charge is 0.481 e. The predicted molar refractivity (Wildman–Crippen MR) is 91.0 cm³/mol. The molecule has 0 aliphatic heterocycles. The van der Waals surface area contributed by atoms with Crippen LogP contribution in [0.2, 0.25) is 10.0 Å². The summed E-state index contributed by atoms with van der Waals surface area (Å²) in [6.45, 7) is 3.78. The number of anilines is 1. The van der Waals surface area contributed by atoms with E-state index in [0.29, 0.717) is 27.9 Å². The Morgan fingerprint density at radius 2 is 2.00 bits per heavy atom. The van der Waals surface area contributed by atoms with Gasteiger partial charge in [0.15, 0.2) is 6.10 Å². The Balaban J connectivity index is 2.07. The van der Waals surface area contributed by atoms with E-state index in [2.05, 4.69) is 5.32 Å². The molecule has 3 nitrogen and oxygen atoms in total. The van der Waals surface area contributed by atoms with Crippen molar-refractivity contribution >= 4 is 34.8 Å². The first-order valence-corrected chi connectivity index (χ1v) is 7.74. The molecule has 0 heterocycles. The van der Waals surface area contributed by atoms with E-state index in [0.717, 1.165) is 5.56 Å². The summed E-state index contributed by atoms with van der Waals surface area (Å²) < 4.78 is 5.76. The molecule has 1 unspecified atom stereocenters. The Kier molecular flexibility index (Phi) is 5.69. The molecule has 0 radical (unpaired) electrons. The lowest BCUT2D eigenvalue weighted by Gasteiger charge is -2.18. The molecule has 0 fully saturated rings. The summed E-state index contributed by atoms with van der Waals surface area (Å²) in [5.41, 5.74) is 1.55. The lowest BCUT2D eigenvalue weighted by molar-refractivity contribution is -0.122. The molecule has 2 aromatic carbocycles. The minimum absolute atomic E-state index is 0.211. The Morgan fingerprint density at radius 1 is 1.23 bits per heavy atom. The molecule has 5 heteroatoms. The number of nitrogens with one attached hydrogen (secondary N) is 1. The maximum atomic E-state index is 12.3. The number of aryl methyl sites for hydroxylation is 1. The molecule has 1 amide bonds. The van der Waals surface area contributed by atoms with Crippen LogP contribution < -0.4 is 10.1 Å². The third-order valence-electron chi connectivity index (χ3n) is 3.16. The molecule has 1 atom stereocenters. The van der Waals surface area contributed by atoms with E-state index >= 15 is 0 Å². The van der Waals surface area contributed by atoms with Gasteiger partial charge in [0.05, 0.1) is 0 Å². The number of ether oxygens (including phenoxy) is 1. The molecular weight excluding hydrogens is 321 g/mol. The van der Waals surface area contributed by atoms with Crippen LogP contribution in [0.1, 0.15) is 18.9 Å². The molecular formula is C17H17Cl2NO2. The molecule has 116 valence electrons. The van der Waals surface area contributed by atoms with Gasteiger partial charge in [0.25, 0.3) is 5.91 Å². The second-order valence-corrected chi connectivity index (χ2v) is 5.77. The number of hydrogen-bond acceptors (Lipinski definition) is 2. The minimum atomic E-state index is -0.584. The van der Waals surface area contributed by atoms with E-state index in [9.17, 15) is 4.79 Å². The SMILES string of the molecule is CCC(Oc1ccc(Cl)c(C)c1)C(=O)Nc1cccc(Cl)c1. The molecule has 0 bridgehead atoms. The first-order chi connectivity index (χ1) is 10.5. The lowest BCUT2D eigenvalue weighted by atomic mass is 10.2. The van der Waals surface area contributed by atoms with E-state index in [1.54, 1.807) is 36.4 Å². The van der Waals surface area contributed by atoms with Crippen molar-refractivity contribution in [2.45, 2.75) is 26.4 Å². The molecule has 0 aliphatic carbocycles. The maximum Gasteiger partial charge on any atom is 0.265 e. The average molecular weight is 338 g/mol. The highest BCUT2D eigenvalue weighted by Gasteiger charge is 2.18. The Labute approximate surface area is 140 Å². The summed E-state index contributed by atoms with van der Waals surface area (Å²) in [7, 11) is 0. The third kappa shape index (κ3) is 4.39. The zero-order chi connectivity index (χ0) is 16.1. The van der Waals surface area contributed by atoms with E-state index in [1.807, 2.05) is 19.9 Å². The quantitative estimate of drug-likeness (QED) is 0.824. The highest BCUT2D eigenvalue weighted by atomic mass is 35.5. The molecule has 0 spiro atoms. The first kappa shape index (κ1) is 16.7. The van der Waals surface area contributed by atoms with Crippen molar-refractivity contribution in [2.75, 3.05) is 5.32 Å². The fraction of sp³-hybridized carbons (Fsp3) is 0.235. The maximum absolute atomic E-state index is 12.3. The number of carbonyl (C=O) groups excluding carboxylic acids is 1. The van der Waals surface area contributed by atoms with E-state index in [-0.39, 0.29) is 5.91 Å². The summed E-state index contributed by atoms with van der Waals surface area (Å²) in [6, 6.07) is 12.3. The van der Waals surface area contributed by atoms with Crippen LogP contribution in [0.25, 0.3) is 0 Å². The average Bonchev–Trinajstić information content (AvgIpc) is 2.48. The van der Waals surface area contributed by atoms with Gasteiger partial charge in [-0.25, -0.2) is 0 Å². The van der Waals surface area contributed by atoms with Crippen LogP contribution in [0.5, 0.6) is 5.75 Å². The van der Waals surface area contributed by atoms with Crippen LogP contribution in [0.4, 0.5) is 5.69 Å². The Hall–Kier alpha value is -1.71. The molecule has 0 aromatic heterocycles. The Bertz CT molecular complexity index is 673. The van der Waals surface area contributed by atoms with Gasteiger partial charge in [-0.05, 0) is 55.3 Å². The molecule has 0 saturated carbocycles. The van der Waals surface area contributed by atoms with Gasteiger partial charge >= 0.3 is 0 Å². The van der Waals surface area contributed by atoms with Crippen LogP contribution in [0, 0.1) is 6.92 Å². The number of carbonyl (C=O) groups is 1. The fourth-order valence-corrected chi connectivity index (χ4v) is 2.27. The zero-order valence-corrected chi connectivity index (χ0v) is 13.9. The molecule has 0 saturated heterocycles. The van der Waals surface area contributed by atoms with Crippen LogP contribution >= 0.6 is 23.2 Å². The topological polar surface area (TPSA) is 38.3 Å². The van der Waals surface area contributed by atoms with E-state index in [4.69, 9.17) is 27.9 Å². The molecule has 1 N–H and O–H groups in total. The first-order valence-electron chi connectivity index (χ1n) is 6.99. The number of rotatable bonds is 5. The van der Waals surface area contributed by atoms with Crippen molar-refractivity contribution in [3.63, 3.8) is 0 Å².